The van der Waals surface area contributed by atoms with Crippen LogP contribution in [0.5, 0.6) is 5.75 Å². The largest absolute Gasteiger partial charge is 0.435 e. The Morgan fingerprint density at radius 2 is 1.79 bits per heavy atom. The van der Waals surface area contributed by atoms with Gasteiger partial charge in [0.05, 0.1) is 5.75 Å². The maximum Gasteiger partial charge on any atom is 0.387 e. The van der Waals surface area contributed by atoms with E-state index in [1.807, 2.05) is 0 Å². The average molecular weight is 359 g/mol. The number of alkyl halides is 2. The van der Waals surface area contributed by atoms with E-state index in [1.54, 1.807) is 0 Å². The van der Waals surface area contributed by atoms with Gasteiger partial charge in [-0.15, -0.1) is 11.8 Å². The summed E-state index contributed by atoms with van der Waals surface area (Å²) < 4.78 is 54.1. The van der Waals surface area contributed by atoms with Crippen LogP contribution in [0.2, 0.25) is 0 Å². The minimum atomic E-state index is -2.90. The number of ether oxygens (including phenoxy) is 1. The number of anilines is 1. The Labute approximate surface area is 140 Å². The first-order chi connectivity index (χ1) is 11.4. The van der Waals surface area contributed by atoms with Crippen LogP contribution >= 0.6 is 11.8 Å². The molecule has 0 spiro atoms. The molecule has 0 aliphatic carbocycles. The van der Waals surface area contributed by atoms with E-state index in [-0.39, 0.29) is 17.4 Å². The van der Waals surface area contributed by atoms with Crippen LogP contribution < -0.4 is 10.1 Å². The molecule has 0 heterocycles. The van der Waals surface area contributed by atoms with Crippen molar-refractivity contribution in [2.75, 3.05) is 11.1 Å². The number of benzene rings is 2. The highest BCUT2D eigenvalue weighted by Crippen LogP contribution is 2.19. The van der Waals surface area contributed by atoms with Crippen molar-refractivity contribution in [3.8, 4) is 5.75 Å². The molecule has 0 aromatic heterocycles. The van der Waals surface area contributed by atoms with Gasteiger partial charge in [0, 0.05) is 11.4 Å². The zero-order chi connectivity index (χ0) is 17.5. The highest BCUT2D eigenvalue weighted by molar-refractivity contribution is 7.99. The molecule has 0 aliphatic rings. The Bertz CT molecular complexity index is 695. The van der Waals surface area contributed by atoms with Crippen molar-refractivity contribution in [2.45, 2.75) is 12.4 Å². The zero-order valence-corrected chi connectivity index (χ0v) is 13.1. The fourth-order valence-electron chi connectivity index (χ4n) is 1.81. The van der Waals surface area contributed by atoms with Crippen LogP contribution in [0.25, 0.3) is 0 Å². The number of rotatable bonds is 7. The lowest BCUT2D eigenvalue weighted by Gasteiger charge is -2.07. The van der Waals surface area contributed by atoms with E-state index in [9.17, 15) is 22.4 Å². The number of carbonyl (C=O) groups is 1. The van der Waals surface area contributed by atoms with E-state index < -0.39 is 18.2 Å². The second-order valence-electron chi connectivity index (χ2n) is 4.69. The zero-order valence-electron chi connectivity index (χ0n) is 12.3. The predicted molar refractivity (Wildman–Crippen MR) is 84.2 cm³/mol. The molecule has 0 aliphatic heterocycles. The van der Waals surface area contributed by atoms with Crippen LogP contribution in [0.3, 0.4) is 0 Å². The molecule has 0 radical (unpaired) electrons. The van der Waals surface area contributed by atoms with E-state index >= 15 is 0 Å². The van der Waals surface area contributed by atoms with Crippen LogP contribution in [0.15, 0.2) is 42.5 Å². The third kappa shape index (κ3) is 5.77. The van der Waals surface area contributed by atoms with Gasteiger partial charge in [-0.2, -0.15) is 8.78 Å². The van der Waals surface area contributed by atoms with Crippen molar-refractivity contribution in [3.05, 3.63) is 59.7 Å². The molecule has 0 bridgehead atoms. The highest BCUT2D eigenvalue weighted by atomic mass is 32.2. The monoisotopic (exact) mass is 359 g/mol. The first kappa shape index (κ1) is 18.1. The molecule has 0 saturated heterocycles. The number of hydrogen-bond donors (Lipinski definition) is 1. The topological polar surface area (TPSA) is 38.3 Å². The van der Waals surface area contributed by atoms with Crippen molar-refractivity contribution in [3.63, 3.8) is 0 Å². The molecule has 2 aromatic carbocycles. The molecule has 1 N–H and O–H groups in total. The van der Waals surface area contributed by atoms with Gasteiger partial charge in [-0.3, -0.25) is 4.79 Å². The Balaban J connectivity index is 1.77. The molecule has 2 rings (SSSR count). The summed E-state index contributed by atoms with van der Waals surface area (Å²) in [7, 11) is 0. The molecule has 1 amide bonds. The molecule has 0 atom stereocenters. The fraction of sp³-hybridized carbons (Fsp3) is 0.188. The first-order valence-corrected chi connectivity index (χ1v) is 7.96. The third-order valence-electron chi connectivity index (χ3n) is 2.85. The maximum atomic E-state index is 13.0. The Hall–Kier alpha value is -2.22. The average Bonchev–Trinajstić information content (AvgIpc) is 2.52. The Morgan fingerprint density at radius 3 is 2.42 bits per heavy atom. The molecule has 24 heavy (non-hydrogen) atoms. The summed E-state index contributed by atoms with van der Waals surface area (Å²) in [5.74, 6) is -1.69. The van der Waals surface area contributed by atoms with Gasteiger partial charge in [0.15, 0.2) is 11.6 Å². The van der Waals surface area contributed by atoms with Gasteiger partial charge in [0.2, 0.25) is 5.91 Å². The molecule has 3 nitrogen and oxygen atoms in total. The molecule has 0 fully saturated rings. The fourth-order valence-corrected chi connectivity index (χ4v) is 2.58. The standard InChI is InChI=1S/C16H13F4NO2S/c17-13-6-1-10(7-14(13)18)8-24-9-15(22)21-11-2-4-12(5-3-11)23-16(19)20/h1-7,16H,8-9H2,(H,21,22). The molecule has 0 unspecified atom stereocenters. The van der Waals surface area contributed by atoms with E-state index in [0.29, 0.717) is 17.0 Å². The molecular formula is C16H13F4NO2S. The van der Waals surface area contributed by atoms with E-state index in [2.05, 4.69) is 10.1 Å². The SMILES string of the molecule is O=C(CSCc1ccc(F)c(F)c1)Nc1ccc(OC(F)F)cc1. The van der Waals surface area contributed by atoms with Gasteiger partial charge < -0.3 is 10.1 Å². The van der Waals surface area contributed by atoms with Gasteiger partial charge >= 0.3 is 6.61 Å². The van der Waals surface area contributed by atoms with Crippen molar-refractivity contribution < 1.29 is 27.1 Å². The number of halogens is 4. The van der Waals surface area contributed by atoms with Gasteiger partial charge in [-0.1, -0.05) is 6.07 Å². The van der Waals surface area contributed by atoms with Gasteiger partial charge in [-0.25, -0.2) is 8.78 Å². The minimum Gasteiger partial charge on any atom is -0.435 e. The van der Waals surface area contributed by atoms with Crippen molar-refractivity contribution in [1.82, 2.24) is 0 Å². The normalized spacial score (nSPS) is 10.7. The summed E-state index contributed by atoms with van der Waals surface area (Å²) in [6, 6.07) is 9.08. The quantitative estimate of drug-likeness (QED) is 0.743. The number of amides is 1. The predicted octanol–water partition coefficient (Wildman–Crippen LogP) is 4.44. The lowest BCUT2D eigenvalue weighted by atomic mass is 10.2. The van der Waals surface area contributed by atoms with Crippen LogP contribution in [0.4, 0.5) is 23.2 Å². The van der Waals surface area contributed by atoms with Gasteiger partial charge in [-0.05, 0) is 42.0 Å². The first-order valence-electron chi connectivity index (χ1n) is 6.80. The Kier molecular flexibility index (Phi) is 6.48. The lowest BCUT2D eigenvalue weighted by molar-refractivity contribution is -0.113. The van der Waals surface area contributed by atoms with Gasteiger partial charge in [0.1, 0.15) is 5.75 Å². The van der Waals surface area contributed by atoms with E-state index in [0.717, 1.165) is 12.1 Å². The number of carbonyl (C=O) groups excluding carboxylic acids is 1. The summed E-state index contributed by atoms with van der Waals surface area (Å²) in [5, 5.41) is 2.59. The Morgan fingerprint density at radius 1 is 1.08 bits per heavy atom. The second-order valence-corrected chi connectivity index (χ2v) is 5.68. The van der Waals surface area contributed by atoms with Crippen molar-refractivity contribution >= 4 is 23.4 Å². The molecular weight excluding hydrogens is 346 g/mol. The second kappa shape index (κ2) is 8.58. The van der Waals surface area contributed by atoms with Crippen LogP contribution in [0.1, 0.15) is 5.56 Å². The van der Waals surface area contributed by atoms with Crippen LogP contribution in [0, 0.1) is 11.6 Å². The highest BCUT2D eigenvalue weighted by Gasteiger charge is 2.07. The number of thioether (sulfide) groups is 1. The summed E-state index contributed by atoms with van der Waals surface area (Å²) >= 11 is 1.23. The van der Waals surface area contributed by atoms with Crippen LogP contribution in [-0.4, -0.2) is 18.3 Å². The summed E-state index contributed by atoms with van der Waals surface area (Å²) in [5.41, 5.74) is 1.01. The number of nitrogens with one attached hydrogen (secondary N) is 1. The molecule has 0 saturated carbocycles. The van der Waals surface area contributed by atoms with Crippen LogP contribution in [-0.2, 0) is 10.5 Å². The molecule has 128 valence electrons. The summed E-state index contributed by atoms with van der Waals surface area (Å²) in [6.07, 6.45) is 0. The molecule has 8 heteroatoms. The third-order valence-corrected chi connectivity index (χ3v) is 3.85. The molecule has 2 aromatic rings. The van der Waals surface area contributed by atoms with Crippen molar-refractivity contribution in [2.24, 2.45) is 0 Å². The minimum absolute atomic E-state index is 0.00397. The summed E-state index contributed by atoms with van der Waals surface area (Å²) in [6.45, 7) is -2.90. The summed E-state index contributed by atoms with van der Waals surface area (Å²) in [4.78, 5) is 11.8. The van der Waals surface area contributed by atoms with Crippen molar-refractivity contribution in [1.29, 1.82) is 0 Å². The number of hydrogen-bond acceptors (Lipinski definition) is 3. The lowest BCUT2D eigenvalue weighted by Crippen LogP contribution is -2.14. The van der Waals surface area contributed by atoms with E-state index in [4.69, 9.17) is 0 Å². The maximum absolute atomic E-state index is 13.0. The smallest absolute Gasteiger partial charge is 0.387 e. The van der Waals surface area contributed by atoms with Gasteiger partial charge in [0.25, 0.3) is 0 Å². The van der Waals surface area contributed by atoms with E-state index in [1.165, 1.54) is 42.1 Å².